The first kappa shape index (κ1) is 15.0. The fraction of sp³-hybridized carbons (Fsp3) is 1.00. The van der Waals surface area contributed by atoms with Crippen molar-refractivity contribution < 1.29 is 9.47 Å². The van der Waals surface area contributed by atoms with Crippen molar-refractivity contribution in [2.45, 2.75) is 57.8 Å². The molecule has 0 aromatic heterocycles. The van der Waals surface area contributed by atoms with Crippen LogP contribution in [0.15, 0.2) is 0 Å². The molecule has 102 valence electrons. The molecule has 0 radical (unpaired) electrons. The summed E-state index contributed by atoms with van der Waals surface area (Å²) >= 11 is 0. The SMILES string of the molecule is C1CCC(C2CCCC2)C1.COCCCOC. The fourth-order valence-corrected chi connectivity index (χ4v) is 3.21. The van der Waals surface area contributed by atoms with E-state index in [0.29, 0.717) is 0 Å². The van der Waals surface area contributed by atoms with Crippen LogP contribution in [0.4, 0.5) is 0 Å². The number of ether oxygens (including phenoxy) is 2. The molecule has 0 unspecified atom stereocenters. The Balaban J connectivity index is 0.000000185. The third-order valence-corrected chi connectivity index (χ3v) is 4.16. The highest BCUT2D eigenvalue weighted by molar-refractivity contribution is 4.78. The fourth-order valence-electron chi connectivity index (χ4n) is 3.21. The van der Waals surface area contributed by atoms with E-state index in [1.807, 2.05) is 0 Å². The first-order valence-electron chi connectivity index (χ1n) is 7.36. The van der Waals surface area contributed by atoms with Gasteiger partial charge in [-0.05, 0) is 18.3 Å². The standard InChI is InChI=1S/C10H18.C5H12O2/c1-2-6-9(5-1)10-7-3-4-8-10;1-6-4-3-5-7-2/h9-10H,1-8H2;3-5H2,1-2H3. The summed E-state index contributed by atoms with van der Waals surface area (Å²) in [5.74, 6) is 2.31. The Labute approximate surface area is 107 Å². The Morgan fingerprint density at radius 3 is 1.35 bits per heavy atom. The van der Waals surface area contributed by atoms with Crippen molar-refractivity contribution in [1.82, 2.24) is 0 Å². The number of methoxy groups -OCH3 is 2. The van der Waals surface area contributed by atoms with Crippen LogP contribution >= 0.6 is 0 Å². The van der Waals surface area contributed by atoms with Gasteiger partial charge in [0, 0.05) is 27.4 Å². The van der Waals surface area contributed by atoms with Crippen molar-refractivity contribution in [2.75, 3.05) is 27.4 Å². The van der Waals surface area contributed by atoms with Crippen molar-refractivity contribution in [3.63, 3.8) is 0 Å². The summed E-state index contributed by atoms with van der Waals surface area (Å²) in [6, 6.07) is 0. The lowest BCUT2D eigenvalue weighted by Gasteiger charge is -2.16. The minimum atomic E-state index is 0.799. The molecule has 2 heteroatoms. The summed E-state index contributed by atoms with van der Waals surface area (Å²) in [4.78, 5) is 0. The van der Waals surface area contributed by atoms with Crippen LogP contribution in [0.25, 0.3) is 0 Å². The van der Waals surface area contributed by atoms with Crippen molar-refractivity contribution >= 4 is 0 Å². The van der Waals surface area contributed by atoms with E-state index >= 15 is 0 Å². The molecule has 2 nitrogen and oxygen atoms in total. The van der Waals surface area contributed by atoms with Gasteiger partial charge in [-0.1, -0.05) is 51.4 Å². The van der Waals surface area contributed by atoms with Crippen LogP contribution in [0.3, 0.4) is 0 Å². The normalized spacial score (nSPS) is 21.5. The topological polar surface area (TPSA) is 18.5 Å². The van der Waals surface area contributed by atoms with E-state index in [2.05, 4.69) is 0 Å². The highest BCUT2D eigenvalue weighted by atomic mass is 16.5. The van der Waals surface area contributed by atoms with Crippen molar-refractivity contribution in [3.05, 3.63) is 0 Å². The smallest absolute Gasteiger partial charge is 0.0484 e. The van der Waals surface area contributed by atoms with Gasteiger partial charge in [-0.15, -0.1) is 0 Å². The molecule has 2 fully saturated rings. The maximum atomic E-state index is 4.76. The third-order valence-electron chi connectivity index (χ3n) is 4.16. The minimum absolute atomic E-state index is 0.799. The zero-order valence-corrected chi connectivity index (χ0v) is 11.7. The molecule has 0 N–H and O–H groups in total. The van der Waals surface area contributed by atoms with E-state index in [-0.39, 0.29) is 0 Å². The first-order chi connectivity index (χ1) is 8.38. The first-order valence-corrected chi connectivity index (χ1v) is 7.36. The van der Waals surface area contributed by atoms with Gasteiger partial charge in [-0.3, -0.25) is 0 Å². The van der Waals surface area contributed by atoms with Gasteiger partial charge in [0.1, 0.15) is 0 Å². The Kier molecular flexibility index (Phi) is 8.72. The van der Waals surface area contributed by atoms with Gasteiger partial charge in [-0.25, -0.2) is 0 Å². The second-order valence-electron chi connectivity index (χ2n) is 5.43. The molecule has 0 aromatic carbocycles. The minimum Gasteiger partial charge on any atom is -0.385 e. The lowest BCUT2D eigenvalue weighted by atomic mass is 9.90. The van der Waals surface area contributed by atoms with Gasteiger partial charge in [0.15, 0.2) is 0 Å². The second-order valence-corrected chi connectivity index (χ2v) is 5.43. The predicted molar refractivity (Wildman–Crippen MR) is 72.3 cm³/mol. The van der Waals surface area contributed by atoms with Crippen molar-refractivity contribution in [2.24, 2.45) is 11.8 Å². The summed E-state index contributed by atoms with van der Waals surface area (Å²) in [6.07, 6.45) is 13.3. The molecule has 2 aliphatic rings. The lowest BCUT2D eigenvalue weighted by Crippen LogP contribution is -2.06. The summed E-state index contributed by atoms with van der Waals surface area (Å²) in [5.41, 5.74) is 0. The molecule has 0 spiro atoms. The van der Waals surface area contributed by atoms with E-state index in [4.69, 9.17) is 9.47 Å². The zero-order valence-electron chi connectivity index (χ0n) is 11.7. The molecule has 0 heterocycles. The monoisotopic (exact) mass is 242 g/mol. The maximum absolute atomic E-state index is 4.76. The molecule has 0 bridgehead atoms. The molecule has 0 saturated heterocycles. The third kappa shape index (κ3) is 6.42. The van der Waals surface area contributed by atoms with Crippen LogP contribution in [0.1, 0.15) is 57.8 Å². The van der Waals surface area contributed by atoms with Crippen LogP contribution in [-0.4, -0.2) is 27.4 Å². The Morgan fingerprint density at radius 1 is 0.706 bits per heavy atom. The average Bonchev–Trinajstić information content (AvgIpc) is 3.03. The van der Waals surface area contributed by atoms with Crippen LogP contribution in [0.5, 0.6) is 0 Å². The van der Waals surface area contributed by atoms with Crippen LogP contribution in [-0.2, 0) is 9.47 Å². The van der Waals surface area contributed by atoms with Crippen molar-refractivity contribution in [3.8, 4) is 0 Å². The molecular weight excluding hydrogens is 212 g/mol. The van der Waals surface area contributed by atoms with Gasteiger partial charge in [-0.2, -0.15) is 0 Å². The van der Waals surface area contributed by atoms with E-state index in [0.717, 1.165) is 31.5 Å². The molecule has 0 atom stereocenters. The maximum Gasteiger partial charge on any atom is 0.0484 e. The highest BCUT2D eigenvalue weighted by Crippen LogP contribution is 2.39. The molecule has 2 rings (SSSR count). The zero-order chi connectivity index (χ0) is 12.3. The lowest BCUT2D eigenvalue weighted by molar-refractivity contribution is 0.138. The van der Waals surface area contributed by atoms with E-state index in [1.165, 1.54) is 25.7 Å². The Morgan fingerprint density at radius 2 is 1.06 bits per heavy atom. The summed E-state index contributed by atoms with van der Waals surface area (Å²) < 4.78 is 9.53. The molecule has 17 heavy (non-hydrogen) atoms. The van der Waals surface area contributed by atoms with Crippen LogP contribution in [0, 0.1) is 11.8 Å². The molecule has 0 amide bonds. The summed E-state index contributed by atoms with van der Waals surface area (Å²) in [7, 11) is 3.38. The van der Waals surface area contributed by atoms with Crippen LogP contribution < -0.4 is 0 Å². The number of hydrogen-bond donors (Lipinski definition) is 0. The Bertz CT molecular complexity index is 140. The quantitative estimate of drug-likeness (QED) is 0.677. The average molecular weight is 242 g/mol. The number of rotatable bonds is 5. The summed E-state index contributed by atoms with van der Waals surface area (Å²) in [6.45, 7) is 1.60. The van der Waals surface area contributed by atoms with Gasteiger partial charge in [0.25, 0.3) is 0 Å². The number of hydrogen-bond acceptors (Lipinski definition) is 2. The molecule has 0 aromatic rings. The van der Waals surface area contributed by atoms with E-state index in [1.54, 1.807) is 39.9 Å². The summed E-state index contributed by atoms with van der Waals surface area (Å²) in [5, 5.41) is 0. The predicted octanol–water partition coefficient (Wildman–Crippen LogP) is 4.04. The molecule has 2 saturated carbocycles. The van der Waals surface area contributed by atoms with Gasteiger partial charge in [0.2, 0.25) is 0 Å². The van der Waals surface area contributed by atoms with Crippen molar-refractivity contribution in [1.29, 1.82) is 0 Å². The largest absolute Gasteiger partial charge is 0.385 e. The van der Waals surface area contributed by atoms with Gasteiger partial charge >= 0.3 is 0 Å². The van der Waals surface area contributed by atoms with E-state index < -0.39 is 0 Å². The van der Waals surface area contributed by atoms with Crippen LogP contribution in [0.2, 0.25) is 0 Å². The second kappa shape index (κ2) is 9.90. The molecule has 0 aliphatic heterocycles. The van der Waals surface area contributed by atoms with Gasteiger partial charge in [0.05, 0.1) is 0 Å². The van der Waals surface area contributed by atoms with Gasteiger partial charge < -0.3 is 9.47 Å². The van der Waals surface area contributed by atoms with E-state index in [9.17, 15) is 0 Å². The molecule has 2 aliphatic carbocycles. The highest BCUT2D eigenvalue weighted by Gasteiger charge is 2.26. The molecular formula is C15H30O2. The Hall–Kier alpha value is -0.0800.